The quantitative estimate of drug-likeness (QED) is 0.823. The molecule has 3 rings (SSSR count). The number of carbonyl (C=O) groups is 2. The number of piperidine rings is 1. The number of hydrogen-bond donors (Lipinski definition) is 0. The molecule has 0 N–H and O–H groups in total. The number of benzene rings is 1. The fraction of sp³-hybridized carbons (Fsp3) is 0.500. The van der Waals surface area contributed by atoms with Gasteiger partial charge in [-0.25, -0.2) is 0 Å². The van der Waals surface area contributed by atoms with Gasteiger partial charge in [0, 0.05) is 25.8 Å². The Morgan fingerprint density at radius 3 is 2.70 bits per heavy atom. The Bertz CT molecular complexity index is 547. The van der Waals surface area contributed by atoms with E-state index < -0.39 is 0 Å². The highest BCUT2D eigenvalue weighted by Gasteiger charge is 2.24. The minimum absolute atomic E-state index is 0.125. The van der Waals surface area contributed by atoms with Crippen LogP contribution in [0.2, 0.25) is 0 Å². The number of fused-ring (bicyclic) bond motifs is 1. The second kappa shape index (κ2) is 5.27. The van der Waals surface area contributed by atoms with E-state index in [4.69, 9.17) is 0 Å². The molecule has 0 aromatic heterocycles. The average molecular weight is 272 g/mol. The summed E-state index contributed by atoms with van der Waals surface area (Å²) in [4.78, 5) is 27.6. The molecular weight excluding hydrogens is 252 g/mol. The minimum atomic E-state index is 0.125. The van der Waals surface area contributed by atoms with Crippen LogP contribution in [0.25, 0.3) is 0 Å². The number of nitrogens with zero attached hydrogens (tertiary/aromatic N) is 2. The number of likely N-dealkylation sites (tertiary alicyclic amines) is 1. The van der Waals surface area contributed by atoms with Crippen LogP contribution in [0.3, 0.4) is 0 Å². The molecule has 4 nitrogen and oxygen atoms in total. The molecular formula is C16H20N2O2. The van der Waals surface area contributed by atoms with Gasteiger partial charge in [-0.2, -0.15) is 0 Å². The van der Waals surface area contributed by atoms with E-state index in [0.717, 1.165) is 42.7 Å². The van der Waals surface area contributed by atoms with Crippen molar-refractivity contribution >= 4 is 17.5 Å². The van der Waals surface area contributed by atoms with Crippen molar-refractivity contribution in [1.82, 2.24) is 4.90 Å². The molecule has 2 aliphatic heterocycles. The van der Waals surface area contributed by atoms with Crippen molar-refractivity contribution in [2.24, 2.45) is 0 Å². The molecule has 0 atom stereocenters. The van der Waals surface area contributed by atoms with Gasteiger partial charge in [0.25, 0.3) is 0 Å². The van der Waals surface area contributed by atoms with Crippen molar-refractivity contribution in [3.05, 3.63) is 29.3 Å². The Morgan fingerprint density at radius 2 is 1.95 bits per heavy atom. The van der Waals surface area contributed by atoms with Crippen LogP contribution < -0.4 is 4.90 Å². The summed E-state index contributed by atoms with van der Waals surface area (Å²) in [6, 6.07) is 5.94. The summed E-state index contributed by atoms with van der Waals surface area (Å²) >= 11 is 0. The number of rotatable bonds is 2. The van der Waals surface area contributed by atoms with E-state index in [-0.39, 0.29) is 11.8 Å². The van der Waals surface area contributed by atoms with Gasteiger partial charge in [0.15, 0.2) is 0 Å². The average Bonchev–Trinajstić information content (AvgIpc) is 2.74. The smallest absolute Gasteiger partial charge is 0.231 e. The van der Waals surface area contributed by atoms with Gasteiger partial charge in [-0.05, 0) is 36.5 Å². The fourth-order valence-corrected chi connectivity index (χ4v) is 3.06. The summed E-state index contributed by atoms with van der Waals surface area (Å²) in [5.74, 6) is 0.335. The van der Waals surface area contributed by atoms with E-state index in [1.807, 2.05) is 23.1 Å². The summed E-state index contributed by atoms with van der Waals surface area (Å²) in [6.07, 6.45) is 4.38. The molecule has 2 aliphatic rings. The molecule has 0 spiro atoms. The predicted octanol–water partition coefficient (Wildman–Crippen LogP) is 1.76. The van der Waals surface area contributed by atoms with Crippen molar-refractivity contribution in [2.75, 3.05) is 25.0 Å². The maximum Gasteiger partial charge on any atom is 0.231 e. The van der Waals surface area contributed by atoms with Gasteiger partial charge < -0.3 is 9.80 Å². The highest BCUT2D eigenvalue weighted by atomic mass is 16.2. The van der Waals surface area contributed by atoms with E-state index in [1.165, 1.54) is 6.42 Å². The zero-order valence-corrected chi connectivity index (χ0v) is 11.9. The highest BCUT2D eigenvalue weighted by molar-refractivity contribution is 6.01. The lowest BCUT2D eigenvalue weighted by Crippen LogP contribution is -2.36. The zero-order valence-electron chi connectivity index (χ0n) is 11.9. The van der Waals surface area contributed by atoms with Crippen molar-refractivity contribution < 1.29 is 9.59 Å². The molecule has 1 aromatic rings. The van der Waals surface area contributed by atoms with Crippen LogP contribution in [0.5, 0.6) is 0 Å². The van der Waals surface area contributed by atoms with Crippen LogP contribution in [0.1, 0.15) is 30.4 Å². The third-order valence-corrected chi connectivity index (χ3v) is 4.29. The lowest BCUT2D eigenvalue weighted by atomic mass is 10.0. The maximum atomic E-state index is 12.2. The highest BCUT2D eigenvalue weighted by Crippen LogP contribution is 2.28. The van der Waals surface area contributed by atoms with Gasteiger partial charge >= 0.3 is 0 Å². The molecule has 1 aromatic carbocycles. The van der Waals surface area contributed by atoms with Gasteiger partial charge in [-0.1, -0.05) is 12.1 Å². The van der Waals surface area contributed by atoms with Gasteiger partial charge in [0.2, 0.25) is 11.8 Å². The monoisotopic (exact) mass is 272 g/mol. The van der Waals surface area contributed by atoms with E-state index in [1.54, 1.807) is 11.9 Å². The van der Waals surface area contributed by atoms with Crippen LogP contribution in [-0.2, 0) is 22.4 Å². The summed E-state index contributed by atoms with van der Waals surface area (Å²) in [5.41, 5.74) is 3.04. The first kappa shape index (κ1) is 13.2. The molecule has 0 aliphatic carbocycles. The zero-order chi connectivity index (χ0) is 14.1. The summed E-state index contributed by atoms with van der Waals surface area (Å²) in [7, 11) is 1.80. The number of likely N-dealkylation sites (N-methyl/N-ethyl adjacent to an activating group) is 1. The number of carbonyl (C=O) groups excluding carboxylic acids is 2. The van der Waals surface area contributed by atoms with E-state index in [0.29, 0.717) is 12.8 Å². The molecule has 2 amide bonds. The van der Waals surface area contributed by atoms with Crippen molar-refractivity contribution in [3.63, 3.8) is 0 Å². The second-order valence-electron chi connectivity index (χ2n) is 5.71. The summed E-state index contributed by atoms with van der Waals surface area (Å²) in [6.45, 7) is 1.79. The summed E-state index contributed by atoms with van der Waals surface area (Å²) in [5, 5.41) is 0. The first-order chi connectivity index (χ1) is 9.65. The number of amides is 2. The lowest BCUT2D eigenvalue weighted by Gasteiger charge is -2.26. The molecule has 1 fully saturated rings. The molecule has 1 saturated heterocycles. The first-order valence-electron chi connectivity index (χ1n) is 7.31. The number of hydrogen-bond acceptors (Lipinski definition) is 2. The van der Waals surface area contributed by atoms with Crippen LogP contribution in [-0.4, -0.2) is 36.9 Å². The van der Waals surface area contributed by atoms with Crippen molar-refractivity contribution in [2.45, 2.75) is 32.1 Å². The van der Waals surface area contributed by atoms with Crippen LogP contribution >= 0.6 is 0 Å². The Kier molecular flexibility index (Phi) is 3.47. The van der Waals surface area contributed by atoms with Crippen molar-refractivity contribution in [1.29, 1.82) is 0 Å². The third-order valence-electron chi connectivity index (χ3n) is 4.29. The standard InChI is InChI=1S/C16H20N2O2/c1-17-14-6-5-12(9-13(14)11-15(17)19)10-16(20)18-7-3-2-4-8-18/h5-6,9H,2-4,7-8,10-11H2,1H3. The second-order valence-corrected chi connectivity index (χ2v) is 5.71. The fourth-order valence-electron chi connectivity index (χ4n) is 3.06. The molecule has 0 saturated carbocycles. The lowest BCUT2D eigenvalue weighted by molar-refractivity contribution is -0.131. The predicted molar refractivity (Wildman–Crippen MR) is 77.7 cm³/mol. The molecule has 2 heterocycles. The van der Waals surface area contributed by atoms with Crippen LogP contribution in [0.4, 0.5) is 5.69 Å². The largest absolute Gasteiger partial charge is 0.342 e. The SMILES string of the molecule is CN1C(=O)Cc2cc(CC(=O)N3CCCCC3)ccc21. The Hall–Kier alpha value is -1.84. The molecule has 20 heavy (non-hydrogen) atoms. The normalized spacial score (nSPS) is 18.4. The Balaban J connectivity index is 1.71. The summed E-state index contributed by atoms with van der Waals surface area (Å²) < 4.78 is 0. The van der Waals surface area contributed by atoms with Crippen molar-refractivity contribution in [3.8, 4) is 0 Å². The van der Waals surface area contributed by atoms with Gasteiger partial charge in [-0.15, -0.1) is 0 Å². The van der Waals surface area contributed by atoms with Crippen LogP contribution in [0.15, 0.2) is 18.2 Å². The Labute approximate surface area is 119 Å². The molecule has 0 unspecified atom stereocenters. The maximum absolute atomic E-state index is 12.2. The third kappa shape index (κ3) is 2.42. The molecule has 4 heteroatoms. The van der Waals surface area contributed by atoms with Crippen LogP contribution in [0, 0.1) is 0 Å². The minimum Gasteiger partial charge on any atom is -0.342 e. The van der Waals surface area contributed by atoms with Gasteiger partial charge in [-0.3, -0.25) is 9.59 Å². The molecule has 0 bridgehead atoms. The number of anilines is 1. The Morgan fingerprint density at radius 1 is 1.20 bits per heavy atom. The van der Waals surface area contributed by atoms with E-state index in [9.17, 15) is 9.59 Å². The van der Waals surface area contributed by atoms with E-state index >= 15 is 0 Å². The van der Waals surface area contributed by atoms with E-state index in [2.05, 4.69) is 0 Å². The molecule has 106 valence electrons. The van der Waals surface area contributed by atoms with Gasteiger partial charge in [0.1, 0.15) is 0 Å². The first-order valence-corrected chi connectivity index (χ1v) is 7.31. The topological polar surface area (TPSA) is 40.6 Å². The van der Waals surface area contributed by atoms with Gasteiger partial charge in [0.05, 0.1) is 12.8 Å². The molecule has 0 radical (unpaired) electrons.